The van der Waals surface area contributed by atoms with E-state index in [9.17, 15) is 10.2 Å². The molecule has 3 aliphatic heterocycles. The van der Waals surface area contributed by atoms with Crippen molar-refractivity contribution in [1.82, 2.24) is 0 Å². The fourth-order valence-corrected chi connectivity index (χ4v) is 4.23. The summed E-state index contributed by atoms with van der Waals surface area (Å²) in [5.74, 6) is 0.822. The maximum atomic E-state index is 9.44. The molecule has 7 N–H and O–H groups in total. The lowest BCUT2D eigenvalue weighted by molar-refractivity contribution is -0.197. The summed E-state index contributed by atoms with van der Waals surface area (Å²) in [5, 5.41) is 63.1. The molecule has 3 fully saturated rings. The average molecular weight is 527 g/mol. The smallest absolute Gasteiger partial charge is 0.157 e. The van der Waals surface area contributed by atoms with Crippen LogP contribution in [0.25, 0.3) is 0 Å². The third-order valence-electron chi connectivity index (χ3n) is 6.27. The van der Waals surface area contributed by atoms with Crippen LogP contribution in [-0.2, 0) is 14.2 Å². The van der Waals surface area contributed by atoms with Crippen LogP contribution >= 0.6 is 0 Å². The molecule has 0 aromatic rings. The van der Waals surface area contributed by atoms with Crippen molar-refractivity contribution in [2.75, 3.05) is 19.8 Å². The van der Waals surface area contributed by atoms with Gasteiger partial charge in [0, 0.05) is 25.7 Å². The monoisotopic (exact) mass is 526 g/mol. The highest BCUT2D eigenvalue weighted by Gasteiger charge is 2.30. The molecule has 9 unspecified atom stereocenters. The van der Waals surface area contributed by atoms with Crippen LogP contribution in [0, 0.1) is 11.8 Å². The van der Waals surface area contributed by atoms with Crippen molar-refractivity contribution in [1.29, 1.82) is 0 Å². The molecule has 0 saturated carbocycles. The number of hydrogen-bond acceptors (Lipinski definition) is 10. The first-order chi connectivity index (χ1) is 17.0. The van der Waals surface area contributed by atoms with Gasteiger partial charge in [0.05, 0.1) is 68.7 Å². The normalized spacial score (nSPS) is 36.6. The van der Waals surface area contributed by atoms with Crippen LogP contribution in [0.5, 0.6) is 0 Å². The van der Waals surface area contributed by atoms with Crippen LogP contribution in [0.3, 0.4) is 0 Å². The van der Waals surface area contributed by atoms with Crippen LogP contribution in [0.15, 0.2) is 0 Å². The molecule has 0 spiro atoms. The first kappa shape index (κ1) is 35.6. The zero-order valence-corrected chi connectivity index (χ0v) is 23.1. The van der Waals surface area contributed by atoms with Gasteiger partial charge in [-0.05, 0) is 24.7 Å². The Morgan fingerprint density at radius 2 is 0.833 bits per heavy atom. The standard InChI is InChI=1S/2C9H18O3.C6H12O4.C2H6/c2*1-6(2)9-4-7(11)3-8(5-10)12-9;7-3-5-1-4(8)2-6(9)10-5;1-2/h2*6-11H,3-5H2,1-2H3;4-9H,1-3H2;1-2H3. The summed E-state index contributed by atoms with van der Waals surface area (Å²) < 4.78 is 16.0. The van der Waals surface area contributed by atoms with E-state index >= 15 is 0 Å². The summed E-state index contributed by atoms with van der Waals surface area (Å²) in [6.07, 6.45) is 0.609. The second-order valence-electron chi connectivity index (χ2n) is 10.2. The summed E-state index contributed by atoms with van der Waals surface area (Å²) in [6.45, 7) is 12.2. The van der Waals surface area contributed by atoms with E-state index in [1.165, 1.54) is 0 Å². The Bertz CT molecular complexity index is 479. The van der Waals surface area contributed by atoms with Gasteiger partial charge in [-0.2, -0.15) is 0 Å². The second kappa shape index (κ2) is 19.6. The van der Waals surface area contributed by atoms with Crippen LogP contribution in [0.2, 0.25) is 0 Å². The van der Waals surface area contributed by atoms with Gasteiger partial charge < -0.3 is 50.0 Å². The topological polar surface area (TPSA) is 169 Å². The average Bonchev–Trinajstić information content (AvgIpc) is 2.84. The van der Waals surface area contributed by atoms with E-state index in [0.29, 0.717) is 43.9 Å². The zero-order chi connectivity index (χ0) is 27.8. The fourth-order valence-electron chi connectivity index (χ4n) is 4.23. The van der Waals surface area contributed by atoms with Gasteiger partial charge in [-0.3, -0.25) is 0 Å². The predicted octanol–water partition coefficient (Wildman–Crippen LogP) is 0.950. The molecule has 10 nitrogen and oxygen atoms in total. The number of aliphatic hydroxyl groups excluding tert-OH is 7. The Labute approximate surface area is 217 Å². The van der Waals surface area contributed by atoms with Gasteiger partial charge in [0.2, 0.25) is 0 Å². The van der Waals surface area contributed by atoms with Crippen molar-refractivity contribution in [3.63, 3.8) is 0 Å². The summed E-state index contributed by atoms with van der Waals surface area (Å²) in [6, 6.07) is 0. The summed E-state index contributed by atoms with van der Waals surface area (Å²) in [5.41, 5.74) is 0. The maximum Gasteiger partial charge on any atom is 0.157 e. The number of rotatable bonds is 5. The predicted molar refractivity (Wildman–Crippen MR) is 136 cm³/mol. The zero-order valence-electron chi connectivity index (χ0n) is 23.1. The SMILES string of the molecule is CC.CC(C)C1CC(O)CC(CO)O1.CC(C)C1CC(O)CC(CO)O1.OCC1CC(O)CC(O)O1. The third kappa shape index (κ3) is 14.5. The van der Waals surface area contributed by atoms with Crippen LogP contribution < -0.4 is 0 Å². The van der Waals surface area contributed by atoms with Crippen molar-refractivity contribution < 1.29 is 50.0 Å². The quantitative estimate of drug-likeness (QED) is 0.274. The van der Waals surface area contributed by atoms with Gasteiger partial charge in [-0.25, -0.2) is 0 Å². The summed E-state index contributed by atoms with van der Waals surface area (Å²) in [4.78, 5) is 0. The van der Waals surface area contributed by atoms with E-state index in [1.807, 2.05) is 13.8 Å². The molecule has 3 aliphatic rings. The lowest BCUT2D eigenvalue weighted by atomic mass is 9.94. The molecule has 0 aliphatic carbocycles. The molecule has 0 aromatic carbocycles. The van der Waals surface area contributed by atoms with Gasteiger partial charge >= 0.3 is 0 Å². The molecule has 0 radical (unpaired) electrons. The number of hydrogen-bond donors (Lipinski definition) is 7. The van der Waals surface area contributed by atoms with E-state index in [2.05, 4.69) is 27.7 Å². The molecule has 0 aromatic heterocycles. The fraction of sp³-hybridized carbons (Fsp3) is 1.00. The Kier molecular flexibility index (Phi) is 19.4. The lowest BCUT2D eigenvalue weighted by Crippen LogP contribution is -2.39. The first-order valence-corrected chi connectivity index (χ1v) is 13.5. The largest absolute Gasteiger partial charge is 0.394 e. The lowest BCUT2D eigenvalue weighted by Gasteiger charge is -2.34. The van der Waals surface area contributed by atoms with Gasteiger partial charge in [-0.1, -0.05) is 41.5 Å². The molecule has 3 rings (SSSR count). The highest BCUT2D eigenvalue weighted by atomic mass is 16.6. The number of aliphatic hydroxyl groups is 7. The Morgan fingerprint density at radius 3 is 1.11 bits per heavy atom. The third-order valence-corrected chi connectivity index (χ3v) is 6.27. The van der Waals surface area contributed by atoms with Gasteiger partial charge in [0.25, 0.3) is 0 Å². The van der Waals surface area contributed by atoms with Crippen LogP contribution in [0.4, 0.5) is 0 Å². The molecule has 0 bridgehead atoms. The van der Waals surface area contributed by atoms with Crippen molar-refractivity contribution in [2.45, 2.75) is 135 Å². The molecule has 3 saturated heterocycles. The molecular weight excluding hydrogens is 472 g/mol. The number of ether oxygens (including phenoxy) is 3. The van der Waals surface area contributed by atoms with Crippen LogP contribution in [-0.4, -0.2) is 111 Å². The first-order valence-electron chi connectivity index (χ1n) is 13.5. The van der Waals surface area contributed by atoms with E-state index in [1.54, 1.807) is 0 Å². The molecule has 10 heteroatoms. The minimum Gasteiger partial charge on any atom is -0.394 e. The molecular formula is C26H54O10. The van der Waals surface area contributed by atoms with Crippen LogP contribution in [0.1, 0.15) is 80.1 Å². The Hall–Kier alpha value is -0.400. The Morgan fingerprint density at radius 1 is 0.528 bits per heavy atom. The van der Waals surface area contributed by atoms with E-state index < -0.39 is 18.5 Å². The van der Waals surface area contributed by atoms with Crippen molar-refractivity contribution in [3.05, 3.63) is 0 Å². The Balaban J connectivity index is 0.000000495. The molecule has 3 heterocycles. The maximum absolute atomic E-state index is 9.44. The van der Waals surface area contributed by atoms with Gasteiger partial charge in [0.15, 0.2) is 6.29 Å². The summed E-state index contributed by atoms with van der Waals surface area (Å²) >= 11 is 0. The minimum atomic E-state index is -0.916. The molecule has 0 amide bonds. The van der Waals surface area contributed by atoms with Crippen molar-refractivity contribution in [2.24, 2.45) is 11.8 Å². The van der Waals surface area contributed by atoms with Crippen molar-refractivity contribution >= 4 is 0 Å². The highest BCUT2D eigenvalue weighted by Crippen LogP contribution is 2.25. The van der Waals surface area contributed by atoms with Gasteiger partial charge in [-0.15, -0.1) is 0 Å². The minimum absolute atomic E-state index is 0.0142. The highest BCUT2D eigenvalue weighted by molar-refractivity contribution is 4.79. The van der Waals surface area contributed by atoms with Crippen molar-refractivity contribution in [3.8, 4) is 0 Å². The summed E-state index contributed by atoms with van der Waals surface area (Å²) in [7, 11) is 0. The molecule has 218 valence electrons. The molecule has 9 atom stereocenters. The van der Waals surface area contributed by atoms with E-state index in [0.717, 1.165) is 0 Å². The van der Waals surface area contributed by atoms with E-state index in [4.69, 9.17) is 39.7 Å². The van der Waals surface area contributed by atoms with E-state index in [-0.39, 0.29) is 62.9 Å². The van der Waals surface area contributed by atoms with Gasteiger partial charge in [0.1, 0.15) is 0 Å². The second-order valence-corrected chi connectivity index (χ2v) is 10.2. The molecule has 36 heavy (non-hydrogen) atoms.